The van der Waals surface area contributed by atoms with Gasteiger partial charge >= 0.3 is 0 Å². The van der Waals surface area contributed by atoms with Gasteiger partial charge in [0.05, 0.1) is 11.8 Å². The summed E-state index contributed by atoms with van der Waals surface area (Å²) in [6.07, 6.45) is 0.385. The Labute approximate surface area is 112 Å². The highest BCUT2D eigenvalue weighted by Crippen LogP contribution is 2.30. The zero-order valence-electron chi connectivity index (χ0n) is 11.5. The van der Waals surface area contributed by atoms with E-state index in [1.54, 1.807) is 31.9 Å². The van der Waals surface area contributed by atoms with Crippen molar-refractivity contribution < 1.29 is 9.59 Å². The molecule has 3 N–H and O–H groups in total. The minimum Gasteiger partial charge on any atom is -0.329 e. The molecule has 1 aromatic carbocycles. The summed E-state index contributed by atoms with van der Waals surface area (Å²) in [5.74, 6) is -0.0478. The van der Waals surface area contributed by atoms with Crippen molar-refractivity contribution in [2.45, 2.75) is 20.3 Å². The number of likely N-dealkylation sites (N-methyl/N-ethyl adjacent to an activating group) is 1. The van der Waals surface area contributed by atoms with Gasteiger partial charge in [-0.05, 0) is 37.6 Å². The van der Waals surface area contributed by atoms with Crippen molar-refractivity contribution in [3.8, 4) is 0 Å². The van der Waals surface area contributed by atoms with Gasteiger partial charge in [-0.1, -0.05) is 0 Å². The van der Waals surface area contributed by atoms with Crippen molar-refractivity contribution in [1.82, 2.24) is 0 Å². The van der Waals surface area contributed by atoms with Crippen LogP contribution in [0, 0.1) is 5.41 Å². The Balaban J connectivity index is 2.19. The molecule has 0 bridgehead atoms. The van der Waals surface area contributed by atoms with E-state index in [4.69, 9.17) is 5.73 Å². The molecule has 0 spiro atoms. The van der Waals surface area contributed by atoms with Crippen LogP contribution in [0.2, 0.25) is 0 Å². The fourth-order valence-electron chi connectivity index (χ4n) is 1.94. The molecular formula is C14H19N3O2. The van der Waals surface area contributed by atoms with Crippen molar-refractivity contribution >= 4 is 23.2 Å². The highest BCUT2D eigenvalue weighted by Gasteiger charge is 2.27. The lowest BCUT2D eigenvalue weighted by Crippen LogP contribution is -2.37. The second kappa shape index (κ2) is 4.66. The molecule has 5 nitrogen and oxygen atoms in total. The molecule has 5 heteroatoms. The van der Waals surface area contributed by atoms with Gasteiger partial charge in [-0.15, -0.1) is 0 Å². The maximum Gasteiger partial charge on any atom is 0.231 e. The lowest BCUT2D eigenvalue weighted by atomic mass is 9.92. The molecule has 0 saturated carbocycles. The van der Waals surface area contributed by atoms with E-state index < -0.39 is 5.41 Å². The smallest absolute Gasteiger partial charge is 0.231 e. The normalized spacial score (nSPS) is 14.5. The molecule has 0 aliphatic carbocycles. The number of hydrogen-bond acceptors (Lipinski definition) is 3. The molecule has 0 fully saturated rings. The number of anilines is 2. The van der Waals surface area contributed by atoms with E-state index in [0.29, 0.717) is 12.1 Å². The number of hydrogen-bond donors (Lipinski definition) is 2. The Morgan fingerprint density at radius 3 is 2.79 bits per heavy atom. The van der Waals surface area contributed by atoms with E-state index in [0.717, 1.165) is 11.3 Å². The zero-order valence-corrected chi connectivity index (χ0v) is 11.5. The Bertz CT molecular complexity index is 537. The minimum atomic E-state index is -0.606. The van der Waals surface area contributed by atoms with Gasteiger partial charge in [-0.25, -0.2) is 0 Å². The molecule has 1 aliphatic rings. The molecule has 1 aliphatic heterocycles. The van der Waals surface area contributed by atoms with Crippen LogP contribution in [0.3, 0.4) is 0 Å². The summed E-state index contributed by atoms with van der Waals surface area (Å²) in [6.45, 7) is 3.88. The summed E-state index contributed by atoms with van der Waals surface area (Å²) >= 11 is 0. The monoisotopic (exact) mass is 261 g/mol. The van der Waals surface area contributed by atoms with E-state index in [-0.39, 0.29) is 18.4 Å². The predicted molar refractivity (Wildman–Crippen MR) is 75.0 cm³/mol. The standard InChI is InChI=1S/C14H19N3O2/c1-14(2,8-15)13(19)16-10-4-5-11-9(6-10)7-12(18)17(11)3/h4-6H,7-8,15H2,1-3H3,(H,16,19). The predicted octanol–water partition coefficient (Wildman–Crippen LogP) is 1.13. The van der Waals surface area contributed by atoms with Gasteiger partial charge in [0.25, 0.3) is 0 Å². The van der Waals surface area contributed by atoms with Crippen LogP contribution in [-0.4, -0.2) is 25.4 Å². The third-order valence-corrected chi connectivity index (χ3v) is 3.54. The first kappa shape index (κ1) is 13.5. The van der Waals surface area contributed by atoms with Crippen molar-refractivity contribution in [2.24, 2.45) is 11.1 Å². The largest absolute Gasteiger partial charge is 0.329 e. The SMILES string of the molecule is CN1C(=O)Cc2cc(NC(=O)C(C)(C)CN)ccc21. The zero-order chi connectivity index (χ0) is 14.2. The van der Waals surface area contributed by atoms with Gasteiger partial charge in [0.15, 0.2) is 0 Å². The maximum atomic E-state index is 12.0. The number of benzene rings is 1. The average Bonchev–Trinajstić information content (AvgIpc) is 2.64. The van der Waals surface area contributed by atoms with Crippen LogP contribution in [0.5, 0.6) is 0 Å². The number of carbonyl (C=O) groups is 2. The number of carbonyl (C=O) groups excluding carboxylic acids is 2. The average molecular weight is 261 g/mol. The summed E-state index contributed by atoms with van der Waals surface area (Å²) < 4.78 is 0. The first-order chi connectivity index (χ1) is 8.85. The Kier molecular flexibility index (Phi) is 3.32. The van der Waals surface area contributed by atoms with Gasteiger partial charge < -0.3 is 16.0 Å². The van der Waals surface area contributed by atoms with E-state index in [1.165, 1.54) is 0 Å². The molecule has 102 valence electrons. The molecule has 0 aromatic heterocycles. The van der Waals surface area contributed by atoms with Crippen LogP contribution in [-0.2, 0) is 16.0 Å². The fraction of sp³-hybridized carbons (Fsp3) is 0.429. The minimum absolute atomic E-state index is 0.0702. The molecule has 19 heavy (non-hydrogen) atoms. The number of fused-ring (bicyclic) bond motifs is 1. The van der Waals surface area contributed by atoms with Crippen molar-refractivity contribution in [1.29, 1.82) is 0 Å². The topological polar surface area (TPSA) is 75.4 Å². The van der Waals surface area contributed by atoms with Crippen LogP contribution in [0.25, 0.3) is 0 Å². The van der Waals surface area contributed by atoms with E-state index >= 15 is 0 Å². The van der Waals surface area contributed by atoms with Gasteiger partial charge in [0, 0.05) is 25.0 Å². The third-order valence-electron chi connectivity index (χ3n) is 3.54. The Morgan fingerprint density at radius 1 is 1.47 bits per heavy atom. The lowest BCUT2D eigenvalue weighted by Gasteiger charge is -2.21. The second-order valence-electron chi connectivity index (χ2n) is 5.52. The molecule has 0 saturated heterocycles. The number of nitrogens with one attached hydrogen (secondary N) is 1. The van der Waals surface area contributed by atoms with Crippen molar-refractivity contribution in [3.63, 3.8) is 0 Å². The Hall–Kier alpha value is -1.88. The summed E-state index contributed by atoms with van der Waals surface area (Å²) in [5, 5.41) is 2.84. The number of rotatable bonds is 3. The van der Waals surface area contributed by atoms with Gasteiger partial charge in [-0.2, -0.15) is 0 Å². The quantitative estimate of drug-likeness (QED) is 0.856. The Morgan fingerprint density at radius 2 is 2.16 bits per heavy atom. The van der Waals surface area contributed by atoms with Crippen LogP contribution in [0.15, 0.2) is 18.2 Å². The molecule has 1 aromatic rings. The first-order valence-electron chi connectivity index (χ1n) is 6.26. The number of nitrogens with two attached hydrogens (primary N) is 1. The molecular weight excluding hydrogens is 242 g/mol. The second-order valence-corrected chi connectivity index (χ2v) is 5.52. The summed E-state index contributed by atoms with van der Waals surface area (Å²) in [6, 6.07) is 5.50. The number of amides is 2. The van der Waals surface area contributed by atoms with Crippen LogP contribution in [0.4, 0.5) is 11.4 Å². The van der Waals surface area contributed by atoms with Gasteiger partial charge in [0.2, 0.25) is 11.8 Å². The first-order valence-corrected chi connectivity index (χ1v) is 6.26. The fourth-order valence-corrected chi connectivity index (χ4v) is 1.94. The van der Waals surface area contributed by atoms with E-state index in [2.05, 4.69) is 5.32 Å². The molecule has 1 heterocycles. The van der Waals surface area contributed by atoms with Crippen molar-refractivity contribution in [3.05, 3.63) is 23.8 Å². The van der Waals surface area contributed by atoms with Gasteiger partial charge in [0.1, 0.15) is 0 Å². The summed E-state index contributed by atoms with van der Waals surface area (Å²) in [5.41, 5.74) is 7.52. The van der Waals surface area contributed by atoms with Crippen LogP contribution in [0.1, 0.15) is 19.4 Å². The lowest BCUT2D eigenvalue weighted by molar-refractivity contribution is -0.123. The molecule has 0 radical (unpaired) electrons. The van der Waals surface area contributed by atoms with Gasteiger partial charge in [-0.3, -0.25) is 9.59 Å². The molecule has 2 amide bonds. The molecule has 0 unspecified atom stereocenters. The molecule has 2 rings (SSSR count). The number of nitrogens with zero attached hydrogens (tertiary/aromatic N) is 1. The van der Waals surface area contributed by atoms with Crippen molar-refractivity contribution in [2.75, 3.05) is 23.8 Å². The third kappa shape index (κ3) is 2.46. The van der Waals surface area contributed by atoms with E-state index in [1.807, 2.05) is 12.1 Å². The van der Waals surface area contributed by atoms with Crippen LogP contribution < -0.4 is 16.0 Å². The summed E-state index contributed by atoms with van der Waals surface area (Å²) in [7, 11) is 1.75. The molecule has 0 atom stereocenters. The highest BCUT2D eigenvalue weighted by atomic mass is 16.2. The highest BCUT2D eigenvalue weighted by molar-refractivity contribution is 6.02. The summed E-state index contributed by atoms with van der Waals surface area (Å²) in [4.78, 5) is 25.2. The van der Waals surface area contributed by atoms with Crippen LogP contribution >= 0.6 is 0 Å². The van der Waals surface area contributed by atoms with E-state index in [9.17, 15) is 9.59 Å². The maximum absolute atomic E-state index is 12.0.